The predicted molar refractivity (Wildman–Crippen MR) is 584 cm³/mol. The predicted octanol–water partition coefficient (Wildman–Crippen LogP) is 25.4. The van der Waals surface area contributed by atoms with Crippen molar-refractivity contribution in [1.29, 1.82) is 0 Å². The molecule has 145 heavy (non-hydrogen) atoms. The highest BCUT2D eigenvalue weighted by Gasteiger charge is 2.27. The van der Waals surface area contributed by atoms with E-state index in [9.17, 15) is 37.8 Å². The quantitative estimate of drug-likeness (QED) is 0.00997. The lowest BCUT2D eigenvalue weighted by Crippen LogP contribution is -2.17. The molecule has 12 N–H and O–H groups in total. The molecule has 0 amide bonds. The Balaban J connectivity index is 0.000000347. The Hall–Kier alpha value is -7.48. The summed E-state index contributed by atoms with van der Waals surface area (Å²) in [4.78, 5) is 89.5. The van der Waals surface area contributed by atoms with Gasteiger partial charge in [0.05, 0.1) is 102 Å². The van der Waals surface area contributed by atoms with Crippen LogP contribution in [0.15, 0.2) is 50.6 Å². The highest BCUT2D eigenvalue weighted by atomic mass is 31.2. The first kappa shape index (κ1) is 123. The standard InChI is InChI=1S/C29H50N5O4P.C27H46N5O4P.C25H46N5O4P.C24H40N5O4P/c1-3-4-5-6-7-8-9-10-11-12-13-14-15-16-17-18-19-20-21-38-39(35,36)25-37-26(2)22-34-24-33-27-28(30)31-23-32-29(27)34;1-3-4-5-6-7-8-9-10-11-12-13-14-15-16-17-18-19-36-37(33,34)23-35-24(2)20-32-22-31-25-26(28)29-21-30-27(25)32;1-3-4-5-6-7-8-9-10-11-12-13-14-15-16-17-34-35(31,32)21-33-22(2)18-30-20-29-23-24(26)27-19-28-25(23)30;1-3-4-5-6-7-8-9-10-11-12-13-14-15-16-33-34(30,31)20-32-21(2)17-29-19-28-22-23(25)26-18-27-24(22)29/h1,23-24,26H,4-22,25H2,2H3,(H,35,36)(H2,30,31,32);1,21-22,24H,4-20,23H2,2H3,(H,33,34)(H2,28,29,30);19-20,22H,3-18,21H2,1-2H3,(H,31,32)(H2,26,27,28);1,18-19,21H,4-17,20H2,2H3,(H,30,31)(H2,25,26,27)/t26-;24-;22-;21-/m1111/s1/i;;1D3;. The third kappa shape index (κ3) is 60.8. The number of nitrogens with zero attached hydrogens (tertiary/aromatic N) is 16. The molecule has 0 bridgehead atoms. The van der Waals surface area contributed by atoms with Gasteiger partial charge in [0.1, 0.15) is 72.8 Å². The summed E-state index contributed by atoms with van der Waals surface area (Å²) in [6, 6.07) is 0. The van der Waals surface area contributed by atoms with E-state index in [1.165, 1.54) is 269 Å². The van der Waals surface area contributed by atoms with Crippen LogP contribution in [0, 0.1) is 37.0 Å². The largest absolute Gasteiger partial charge is 0.382 e. The smallest absolute Gasteiger partial charge is 0.353 e. The summed E-state index contributed by atoms with van der Waals surface area (Å²) in [6.45, 7) is 8.22. The van der Waals surface area contributed by atoms with Gasteiger partial charge in [0.2, 0.25) is 0 Å². The number of ether oxygens (including phenoxy) is 4. The van der Waals surface area contributed by atoms with Crippen LogP contribution in [-0.2, 0) is 81.5 Å². The molecular formula is C105H182N20O16P4. The first-order valence-corrected chi connectivity index (χ1v) is 61.2. The van der Waals surface area contributed by atoms with Gasteiger partial charge >= 0.3 is 30.4 Å². The maximum Gasteiger partial charge on any atom is 0.353 e. The molecule has 0 aliphatic heterocycles. The Morgan fingerprint density at radius 1 is 0.276 bits per heavy atom. The van der Waals surface area contributed by atoms with Crippen LogP contribution in [0.1, 0.15) is 411 Å². The molecule has 0 radical (unpaired) electrons. The molecule has 40 heteroatoms. The van der Waals surface area contributed by atoms with Crippen LogP contribution in [0.2, 0.25) is 0 Å². The molecule has 0 spiro atoms. The number of fused-ring (bicyclic) bond motifs is 4. The summed E-state index contributed by atoms with van der Waals surface area (Å²) in [5.41, 5.74) is 27.7. The maximum atomic E-state index is 12.3. The highest BCUT2D eigenvalue weighted by Crippen LogP contribution is 2.46. The molecule has 8 aromatic heterocycles. The van der Waals surface area contributed by atoms with E-state index < -0.39 is 37.2 Å². The van der Waals surface area contributed by atoms with Crippen LogP contribution in [0.25, 0.3) is 44.7 Å². The van der Waals surface area contributed by atoms with E-state index in [0.29, 0.717) is 101 Å². The summed E-state index contributed by atoms with van der Waals surface area (Å²) in [5, 5.41) is 0. The average Bonchev–Trinajstić information content (AvgIpc) is 1.68. The van der Waals surface area contributed by atoms with Gasteiger partial charge in [0.15, 0.2) is 45.9 Å². The second kappa shape index (κ2) is 79.6. The molecule has 0 aromatic carbocycles. The van der Waals surface area contributed by atoms with Gasteiger partial charge in [0, 0.05) is 23.4 Å². The zero-order valence-corrected chi connectivity index (χ0v) is 91.7. The molecule has 8 heterocycles. The van der Waals surface area contributed by atoms with E-state index >= 15 is 0 Å². The van der Waals surface area contributed by atoms with E-state index in [-0.39, 0.29) is 76.2 Å². The molecule has 36 nitrogen and oxygen atoms in total. The summed E-state index contributed by atoms with van der Waals surface area (Å²) in [7, 11) is -15.2. The van der Waals surface area contributed by atoms with Crippen LogP contribution in [0.4, 0.5) is 23.3 Å². The van der Waals surface area contributed by atoms with Gasteiger partial charge in [-0.05, 0) is 72.6 Å². The van der Waals surface area contributed by atoms with Crippen molar-refractivity contribution in [2.75, 3.05) is 74.8 Å². The number of anilines is 4. The van der Waals surface area contributed by atoms with Gasteiger partial charge < -0.3 is 97.8 Å². The van der Waals surface area contributed by atoms with Crippen LogP contribution < -0.4 is 22.9 Å². The van der Waals surface area contributed by atoms with Crippen molar-refractivity contribution in [1.82, 2.24) is 78.1 Å². The molecule has 8 rings (SSSR count). The highest BCUT2D eigenvalue weighted by molar-refractivity contribution is 7.53. The third-order valence-corrected chi connectivity index (χ3v) is 29.3. The SMILES string of the molecule is C#CCCCCCCCCCCCCCCCCCCOP(=O)(O)CO[C@H](C)Cn1cnc2c(N)ncnc21.C#CCCCCCCCCCCCCCCCCOP(=O)(O)CO[C@H](C)Cn1cnc2c(N)ncnc21.C#CCCCCCCCCCCCCCOP(=O)(O)CO[C@H](C)Cn1cnc2c(N)ncnc21.[2H]C([2H])([2H])CCCCCCCCCCCCCCCOP(=O)(O)CO[C@H](C)Cn1cnc2c(N)ncnc21. The van der Waals surface area contributed by atoms with Crippen LogP contribution in [0.3, 0.4) is 0 Å². The first-order chi connectivity index (χ1) is 71.4. The fraction of sp³-hybridized carbons (Fsp3) is 0.752. The number of hydrogen-bond acceptors (Lipinski definition) is 28. The van der Waals surface area contributed by atoms with E-state index in [2.05, 4.69) is 77.6 Å². The number of nitrogen functional groups attached to an aromatic ring is 4. The number of hydrogen-bond donors (Lipinski definition) is 8. The van der Waals surface area contributed by atoms with Gasteiger partial charge in [-0.15, -0.1) is 37.0 Å². The molecule has 0 fully saturated rings. The van der Waals surface area contributed by atoms with Crippen molar-refractivity contribution in [2.24, 2.45) is 0 Å². The first-order valence-electron chi connectivity index (χ1n) is 55.6. The molecular weight excluding hydrogens is 1920 g/mol. The number of imidazole rings is 4. The molecule has 0 aliphatic rings. The Morgan fingerprint density at radius 3 is 0.614 bits per heavy atom. The second-order valence-corrected chi connectivity index (χ2v) is 45.5. The number of nitrogens with two attached hydrogens (primary N) is 4. The minimum atomic E-state index is -3.80. The summed E-state index contributed by atoms with van der Waals surface area (Å²) in [6.07, 6.45) is 92.6. The summed E-state index contributed by atoms with van der Waals surface area (Å²) < 4.78 is 121. The molecule has 0 saturated heterocycles. The number of terminal acetylenes is 3. The second-order valence-electron chi connectivity index (χ2n) is 38.3. The number of unbranched alkanes of at least 4 members (excludes halogenated alkanes) is 53. The van der Waals surface area contributed by atoms with Crippen molar-refractivity contribution in [3.05, 3.63) is 50.6 Å². The van der Waals surface area contributed by atoms with E-state index in [4.69, 9.17) is 83.4 Å². The van der Waals surface area contributed by atoms with Crippen molar-refractivity contribution < 1.29 is 79.0 Å². The summed E-state index contributed by atoms with van der Waals surface area (Å²) >= 11 is 0. The van der Waals surface area contributed by atoms with E-state index in [1.807, 2.05) is 27.7 Å². The minimum absolute atomic E-state index is 0.250. The lowest BCUT2D eigenvalue weighted by Gasteiger charge is -2.17. The zero-order chi connectivity index (χ0) is 107. The van der Waals surface area contributed by atoms with Crippen LogP contribution in [0.5, 0.6) is 0 Å². The monoisotopic (exact) mass is 2110 g/mol. The Bertz CT molecular complexity index is 5140. The number of aromatic nitrogens is 16. The molecule has 818 valence electrons. The van der Waals surface area contributed by atoms with Gasteiger partial charge in [-0.3, -0.25) is 18.3 Å². The summed E-state index contributed by atoms with van der Waals surface area (Å²) in [5.74, 6) is 9.35. The van der Waals surface area contributed by atoms with Crippen LogP contribution in [-0.4, -0.2) is 174 Å². The van der Waals surface area contributed by atoms with Gasteiger partial charge in [-0.1, -0.05) is 315 Å². The van der Waals surface area contributed by atoms with E-state index in [0.717, 1.165) is 122 Å². The van der Waals surface area contributed by atoms with Crippen molar-refractivity contribution in [3.8, 4) is 37.0 Å². The lowest BCUT2D eigenvalue weighted by molar-refractivity contribution is 0.0715. The molecule has 0 aliphatic carbocycles. The van der Waals surface area contributed by atoms with Gasteiger partial charge in [-0.25, -0.2) is 59.8 Å². The molecule has 8 atom stereocenters. The van der Waals surface area contributed by atoms with Gasteiger partial charge in [-0.2, -0.15) is 0 Å². The van der Waals surface area contributed by atoms with Crippen LogP contribution >= 0.6 is 30.4 Å². The lowest BCUT2D eigenvalue weighted by atomic mass is 10.0. The Kier molecular flexibility index (Phi) is 67.3. The average molecular weight is 2110 g/mol. The van der Waals surface area contributed by atoms with Crippen molar-refractivity contribution in [2.45, 2.75) is 458 Å². The Labute approximate surface area is 870 Å². The number of rotatable bonds is 86. The fourth-order valence-electron chi connectivity index (χ4n) is 16.7. The van der Waals surface area contributed by atoms with Gasteiger partial charge in [0.25, 0.3) is 0 Å². The van der Waals surface area contributed by atoms with E-state index in [1.54, 1.807) is 43.6 Å². The topological polar surface area (TPSA) is 502 Å². The zero-order valence-electron chi connectivity index (χ0n) is 91.1. The minimum Gasteiger partial charge on any atom is -0.382 e. The normalized spacial score (nSPS) is 14.5. The Morgan fingerprint density at radius 2 is 0.441 bits per heavy atom. The molecule has 4 unspecified atom stereocenters. The third-order valence-electron chi connectivity index (χ3n) is 25.0. The van der Waals surface area contributed by atoms with Crippen molar-refractivity contribution in [3.63, 3.8) is 0 Å². The molecule has 8 aromatic rings. The molecule has 0 saturated carbocycles. The van der Waals surface area contributed by atoms with Crippen molar-refractivity contribution >= 4 is 98.3 Å². The maximum absolute atomic E-state index is 12.3. The fourth-order valence-corrected chi connectivity index (χ4v) is 20.4.